The zero-order chi connectivity index (χ0) is 31.0. The third-order valence-corrected chi connectivity index (χ3v) is 7.70. The Bertz CT molecular complexity index is 1470. The molecule has 0 heterocycles. The molecule has 8 nitrogen and oxygen atoms in total. The third-order valence-electron chi connectivity index (χ3n) is 7.70. The molecule has 0 unspecified atom stereocenters. The molecular weight excluding hydrogens is 548 g/mol. The largest absolute Gasteiger partial charge is 0.493 e. The molecule has 4 rings (SSSR count). The van der Waals surface area contributed by atoms with Crippen molar-refractivity contribution in [2.75, 3.05) is 53.9 Å². The number of rotatable bonds is 16. The molecule has 0 N–H and O–H groups in total. The minimum Gasteiger partial charge on any atom is -0.493 e. The van der Waals surface area contributed by atoms with E-state index >= 15 is 0 Å². The lowest BCUT2D eigenvalue weighted by Crippen LogP contribution is -2.30. The maximum Gasteiger partial charge on any atom is 0.333 e. The van der Waals surface area contributed by atoms with Gasteiger partial charge in [-0.3, -0.25) is 0 Å². The van der Waals surface area contributed by atoms with Gasteiger partial charge in [0.25, 0.3) is 0 Å². The number of esters is 2. The minimum atomic E-state index is -0.475. The number of carbonyl (C=O) groups excluding carboxylic acids is 2. The number of methoxy groups -OCH3 is 2. The molecule has 0 aromatic heterocycles. The summed E-state index contributed by atoms with van der Waals surface area (Å²) in [6.07, 6.45) is 1.28. The van der Waals surface area contributed by atoms with Gasteiger partial charge in [0.15, 0.2) is 11.5 Å². The van der Waals surface area contributed by atoms with Crippen molar-refractivity contribution in [1.82, 2.24) is 0 Å². The number of hydrogen-bond acceptors (Lipinski definition) is 8. The molecule has 0 spiro atoms. The van der Waals surface area contributed by atoms with Crippen molar-refractivity contribution in [1.29, 1.82) is 0 Å². The summed E-state index contributed by atoms with van der Waals surface area (Å²) >= 11 is 0. The summed E-state index contributed by atoms with van der Waals surface area (Å²) in [6.45, 7) is 12.1. The third kappa shape index (κ3) is 7.09. The highest BCUT2D eigenvalue weighted by molar-refractivity contribution is 5.94. The van der Waals surface area contributed by atoms with Crippen LogP contribution in [0.15, 0.2) is 72.8 Å². The van der Waals surface area contributed by atoms with E-state index in [4.69, 9.17) is 28.4 Å². The SMILES string of the molecule is C=C(C)C(=O)OCCOCCC1(CCOCCOC(=O)C(=C)C)c2cc(OC)c(OC)cc2-c2cc3ccccc3cc21. The van der Waals surface area contributed by atoms with Crippen molar-refractivity contribution in [2.24, 2.45) is 0 Å². The first-order valence-electron chi connectivity index (χ1n) is 14.3. The highest BCUT2D eigenvalue weighted by atomic mass is 16.6. The predicted molar refractivity (Wildman–Crippen MR) is 166 cm³/mol. The molecule has 0 atom stereocenters. The van der Waals surface area contributed by atoms with Gasteiger partial charge in [0, 0.05) is 29.8 Å². The highest BCUT2D eigenvalue weighted by Gasteiger charge is 2.44. The van der Waals surface area contributed by atoms with Gasteiger partial charge in [-0.15, -0.1) is 0 Å². The first-order valence-corrected chi connectivity index (χ1v) is 14.3. The van der Waals surface area contributed by atoms with Gasteiger partial charge in [-0.2, -0.15) is 0 Å². The van der Waals surface area contributed by atoms with Crippen LogP contribution in [0.2, 0.25) is 0 Å². The van der Waals surface area contributed by atoms with Crippen LogP contribution < -0.4 is 9.47 Å². The van der Waals surface area contributed by atoms with Crippen LogP contribution in [0.25, 0.3) is 21.9 Å². The van der Waals surface area contributed by atoms with Gasteiger partial charge in [0.2, 0.25) is 0 Å². The van der Waals surface area contributed by atoms with Crippen molar-refractivity contribution in [2.45, 2.75) is 32.1 Å². The Labute approximate surface area is 253 Å². The van der Waals surface area contributed by atoms with Crippen LogP contribution in [0, 0.1) is 0 Å². The fraction of sp³-hybridized carbons (Fsp3) is 0.371. The summed E-state index contributed by atoms with van der Waals surface area (Å²) in [6, 6.07) is 16.9. The Morgan fingerprint density at radius 1 is 0.651 bits per heavy atom. The molecule has 3 aromatic rings. The molecule has 0 bridgehead atoms. The van der Waals surface area contributed by atoms with Crippen LogP contribution >= 0.6 is 0 Å². The van der Waals surface area contributed by atoms with Gasteiger partial charge < -0.3 is 28.4 Å². The molecule has 3 aromatic carbocycles. The van der Waals surface area contributed by atoms with Gasteiger partial charge >= 0.3 is 11.9 Å². The fourth-order valence-corrected chi connectivity index (χ4v) is 5.50. The normalized spacial score (nSPS) is 12.7. The Kier molecular flexibility index (Phi) is 10.6. The lowest BCUT2D eigenvalue weighted by atomic mass is 9.72. The Morgan fingerprint density at radius 3 is 1.63 bits per heavy atom. The van der Waals surface area contributed by atoms with E-state index in [1.807, 2.05) is 18.2 Å². The molecule has 0 amide bonds. The maximum absolute atomic E-state index is 11.7. The van der Waals surface area contributed by atoms with Crippen LogP contribution in [0.3, 0.4) is 0 Å². The van der Waals surface area contributed by atoms with Gasteiger partial charge in [0.1, 0.15) is 13.2 Å². The van der Waals surface area contributed by atoms with E-state index in [1.54, 1.807) is 28.1 Å². The van der Waals surface area contributed by atoms with Crippen molar-refractivity contribution in [3.05, 3.63) is 84.0 Å². The van der Waals surface area contributed by atoms with Gasteiger partial charge in [-0.25, -0.2) is 9.59 Å². The monoisotopic (exact) mass is 588 g/mol. The summed E-state index contributed by atoms with van der Waals surface area (Å²) in [5.41, 5.74) is 4.70. The molecule has 0 saturated carbocycles. The van der Waals surface area contributed by atoms with E-state index in [0.29, 0.717) is 48.7 Å². The number of hydrogen-bond donors (Lipinski definition) is 0. The average molecular weight is 589 g/mol. The Balaban J connectivity index is 1.65. The molecule has 1 aliphatic rings. The van der Waals surface area contributed by atoms with Crippen LogP contribution in [-0.2, 0) is 34.0 Å². The Hall–Kier alpha value is -4.14. The smallest absolute Gasteiger partial charge is 0.333 e. The maximum atomic E-state index is 11.7. The second-order valence-corrected chi connectivity index (χ2v) is 10.6. The van der Waals surface area contributed by atoms with E-state index in [2.05, 4.69) is 43.5 Å². The molecule has 43 heavy (non-hydrogen) atoms. The second-order valence-electron chi connectivity index (χ2n) is 10.6. The van der Waals surface area contributed by atoms with E-state index < -0.39 is 17.4 Å². The molecule has 1 aliphatic carbocycles. The number of fused-ring (bicyclic) bond motifs is 4. The van der Waals surface area contributed by atoms with Crippen molar-refractivity contribution in [3.63, 3.8) is 0 Å². The van der Waals surface area contributed by atoms with Crippen molar-refractivity contribution < 1.29 is 38.0 Å². The lowest BCUT2D eigenvalue weighted by Gasteiger charge is -2.33. The summed E-state index contributed by atoms with van der Waals surface area (Å²) in [7, 11) is 3.27. The topological polar surface area (TPSA) is 89.5 Å². The fourth-order valence-electron chi connectivity index (χ4n) is 5.50. The number of ether oxygens (including phenoxy) is 6. The zero-order valence-corrected chi connectivity index (χ0v) is 25.5. The molecule has 0 fully saturated rings. The van der Waals surface area contributed by atoms with Crippen molar-refractivity contribution >= 4 is 22.7 Å². The summed E-state index contributed by atoms with van der Waals surface area (Å²) < 4.78 is 33.8. The molecule has 0 radical (unpaired) electrons. The first kappa shape index (κ1) is 31.8. The van der Waals surface area contributed by atoms with Gasteiger partial charge in [-0.1, -0.05) is 37.4 Å². The highest BCUT2D eigenvalue weighted by Crippen LogP contribution is 2.56. The second kappa shape index (κ2) is 14.4. The van der Waals surface area contributed by atoms with Gasteiger partial charge in [-0.05, 0) is 84.0 Å². The lowest BCUT2D eigenvalue weighted by molar-refractivity contribution is -0.141. The molecule has 0 aliphatic heterocycles. The molecule has 228 valence electrons. The van der Waals surface area contributed by atoms with Crippen LogP contribution in [0.5, 0.6) is 11.5 Å². The number of carbonyl (C=O) groups is 2. The molecule has 0 saturated heterocycles. The quantitative estimate of drug-likeness (QED) is 0.111. The average Bonchev–Trinajstić information content (AvgIpc) is 3.25. The van der Waals surface area contributed by atoms with Crippen molar-refractivity contribution in [3.8, 4) is 22.6 Å². The van der Waals surface area contributed by atoms with E-state index in [0.717, 1.165) is 27.5 Å². The van der Waals surface area contributed by atoms with E-state index in [1.165, 1.54) is 5.56 Å². The molecule has 8 heteroatoms. The summed E-state index contributed by atoms with van der Waals surface area (Å²) in [5.74, 6) is 0.431. The predicted octanol–water partition coefficient (Wildman–Crippen LogP) is 6.18. The molecular formula is C35H40O8. The number of benzene rings is 3. The first-order chi connectivity index (χ1) is 20.7. The standard InChI is InChI=1S/C35H40O8/c1-23(2)33(36)42-17-15-40-13-11-35(12-14-41-16-18-43-34(37)24(3)4)29-20-26-10-8-7-9-25(26)19-27(29)28-21-31(38-5)32(39-6)22-30(28)35/h7-10,19-22H,1,3,11-18H2,2,4-6H3. The van der Waals surface area contributed by atoms with Crippen LogP contribution in [0.1, 0.15) is 37.8 Å². The van der Waals surface area contributed by atoms with Crippen LogP contribution in [0.4, 0.5) is 0 Å². The summed E-state index contributed by atoms with van der Waals surface area (Å²) in [4.78, 5) is 23.5. The Morgan fingerprint density at radius 2 is 1.12 bits per heavy atom. The van der Waals surface area contributed by atoms with E-state index in [9.17, 15) is 9.59 Å². The van der Waals surface area contributed by atoms with E-state index in [-0.39, 0.29) is 26.4 Å². The zero-order valence-electron chi connectivity index (χ0n) is 25.5. The minimum absolute atomic E-state index is 0.146. The van der Waals surface area contributed by atoms with Gasteiger partial charge in [0.05, 0.1) is 27.4 Å². The summed E-state index contributed by atoms with van der Waals surface area (Å²) in [5, 5.41) is 2.28. The van der Waals surface area contributed by atoms with Crippen LogP contribution in [-0.4, -0.2) is 65.8 Å².